The van der Waals surface area contributed by atoms with Crippen LogP contribution in [0.2, 0.25) is 0 Å². The summed E-state index contributed by atoms with van der Waals surface area (Å²) in [6, 6.07) is 41.8. The number of ether oxygens (including phenoxy) is 1. The van der Waals surface area contributed by atoms with Gasteiger partial charge in [-0.3, -0.25) is 4.57 Å². The summed E-state index contributed by atoms with van der Waals surface area (Å²) < 4.78 is 87.7. The van der Waals surface area contributed by atoms with Gasteiger partial charge in [-0.15, -0.1) is 0 Å². The molecule has 79 heavy (non-hydrogen) atoms. The zero-order valence-electron chi connectivity index (χ0n) is 57.0. The molecule has 5 nitrogen and oxygen atoms in total. The van der Waals surface area contributed by atoms with Crippen molar-refractivity contribution in [3.05, 3.63) is 216 Å². The summed E-state index contributed by atoms with van der Waals surface area (Å²) in [4.78, 5) is 9.72. The Kier molecular flexibility index (Phi) is 10.1. The molecule has 8 aromatic carbocycles. The zero-order valence-corrected chi connectivity index (χ0v) is 48.0. The third-order valence-electron chi connectivity index (χ3n) is 16.6. The summed E-state index contributed by atoms with van der Waals surface area (Å²) in [5.41, 5.74) is 15.1. The van der Waals surface area contributed by atoms with Crippen LogP contribution in [-0.2, 0) is 27.1 Å². The monoisotopic (exact) mass is 1050 g/mol. The first kappa shape index (κ1) is 42.1. The maximum absolute atomic E-state index is 9.33. The first-order valence-corrected chi connectivity index (χ1v) is 27.8. The summed E-state index contributed by atoms with van der Waals surface area (Å²) in [6.07, 6.45) is 3.74. The molecule has 0 saturated heterocycles. The third-order valence-corrected chi connectivity index (χ3v) is 16.6. The lowest BCUT2D eigenvalue weighted by atomic mass is 9.63. The van der Waals surface area contributed by atoms with Crippen molar-refractivity contribution in [1.82, 2.24) is 9.55 Å². The van der Waals surface area contributed by atoms with Crippen LogP contribution in [0.4, 0.5) is 22.7 Å². The van der Waals surface area contributed by atoms with Crippen molar-refractivity contribution < 1.29 is 17.1 Å². The van der Waals surface area contributed by atoms with Gasteiger partial charge >= 0.3 is 0 Å². The van der Waals surface area contributed by atoms with Crippen LogP contribution < -0.4 is 14.5 Å². The molecule has 3 heterocycles. The first-order chi connectivity index (χ1) is 41.3. The van der Waals surface area contributed by atoms with Gasteiger partial charge in [-0.2, -0.15) is 0 Å². The van der Waals surface area contributed by atoms with Crippen LogP contribution in [-0.4, -0.2) is 16.2 Å². The number of pyridine rings is 1. The van der Waals surface area contributed by atoms with E-state index in [4.69, 9.17) is 19.3 Å². The average Bonchev–Trinajstić information content (AvgIpc) is 1.44. The predicted octanol–water partition coefficient (Wildman–Crippen LogP) is 20.5. The molecule has 398 valence electrons. The van der Waals surface area contributed by atoms with E-state index < -0.39 is 29.6 Å². The van der Waals surface area contributed by atoms with E-state index in [9.17, 15) is 2.74 Å². The fourth-order valence-corrected chi connectivity index (χ4v) is 12.0. The molecule has 2 aliphatic rings. The highest BCUT2D eigenvalue weighted by Crippen LogP contribution is 2.54. The Hall–Kier alpha value is -7.89. The number of nitrogens with zero attached hydrogens (tertiary/aromatic N) is 4. The SMILES string of the molecule is [2H]c1c([2H])c([2H])c(-c2cnc(-n3c4cc(Oc5cccc(N6CN(c7c(-c8ccc(C(C)(C)C)cc8)cc(C(C)(C)C)cc7-c7ccc8c(c7)C(C)(C)CCC8(C)C)c7ccccc76)c5)ccc4c4c([2H])c([2H])c([2H])c([2H])c43)cc2C(C)(C)C)c([2H])c1[2H]. The molecule has 0 unspecified atom stereocenters. The fraction of sp³-hybridized carbons (Fsp3) is 0.284. The summed E-state index contributed by atoms with van der Waals surface area (Å²) in [5, 5.41) is 0.856. The predicted molar refractivity (Wildman–Crippen MR) is 335 cm³/mol. The molecule has 2 aromatic heterocycles. The topological polar surface area (TPSA) is 33.5 Å². The van der Waals surface area contributed by atoms with Crippen LogP contribution >= 0.6 is 0 Å². The minimum absolute atomic E-state index is 0.000699. The van der Waals surface area contributed by atoms with E-state index in [2.05, 4.69) is 164 Å². The molecular weight excluding hydrogens is 961 g/mol. The van der Waals surface area contributed by atoms with E-state index in [1.54, 1.807) is 10.6 Å². The lowest BCUT2D eigenvalue weighted by Crippen LogP contribution is -2.33. The van der Waals surface area contributed by atoms with Gasteiger partial charge in [0.1, 0.15) is 24.0 Å². The van der Waals surface area contributed by atoms with Crippen molar-refractivity contribution in [2.24, 2.45) is 0 Å². The minimum atomic E-state index is -0.656. The smallest absolute Gasteiger partial charge is 0.137 e. The number of benzene rings is 8. The second-order valence-electron chi connectivity index (χ2n) is 26.2. The molecule has 0 atom stereocenters. The molecule has 0 bridgehead atoms. The molecule has 1 aliphatic carbocycles. The van der Waals surface area contributed by atoms with Crippen molar-refractivity contribution in [1.29, 1.82) is 0 Å². The standard InChI is InChI=1S/C74H76N4O/c1-70(2,3)51-33-30-49(31-34-51)58-41-52(71(4,5)6)42-59(50-32-37-61-63(40-50)74(12,13)39-38-73(61,10)11)69(58)77-47-76(65-28-19-20-29-66(65)77)53-24-21-25-54(43-53)79-55-35-36-57-56-26-17-18-27-64(56)78(67(57)44-55)68-45-62(72(7,8)9)60(46-75-68)48-22-15-14-16-23-48/h14-37,40-46H,38-39,47H2,1-13H3/i14D,15D,16D,17D,18D,22D,23D,26D,27D. The van der Waals surface area contributed by atoms with E-state index in [-0.39, 0.29) is 63.0 Å². The maximum atomic E-state index is 9.33. The van der Waals surface area contributed by atoms with Crippen LogP contribution in [0.3, 0.4) is 0 Å². The number of hydrogen-bond acceptors (Lipinski definition) is 4. The van der Waals surface area contributed by atoms with Gasteiger partial charge in [-0.25, -0.2) is 4.98 Å². The number of fused-ring (bicyclic) bond motifs is 5. The lowest BCUT2D eigenvalue weighted by Gasteiger charge is -2.42. The van der Waals surface area contributed by atoms with E-state index in [1.807, 2.05) is 57.2 Å². The summed E-state index contributed by atoms with van der Waals surface area (Å²) in [5.74, 6) is 1.31. The molecule has 0 fully saturated rings. The van der Waals surface area contributed by atoms with Gasteiger partial charge in [0.15, 0.2) is 0 Å². The quantitative estimate of drug-likeness (QED) is 0.152. The molecule has 0 radical (unpaired) electrons. The molecule has 1 aliphatic heterocycles. The Bertz CT molecular complexity index is 4490. The Labute approximate surface area is 482 Å². The van der Waals surface area contributed by atoms with Gasteiger partial charge in [0.25, 0.3) is 0 Å². The second-order valence-corrected chi connectivity index (χ2v) is 26.2. The molecule has 0 amide bonds. The molecule has 0 spiro atoms. The van der Waals surface area contributed by atoms with Crippen LogP contribution in [0.1, 0.15) is 143 Å². The highest BCUT2D eigenvalue weighted by Gasteiger charge is 2.38. The summed E-state index contributed by atoms with van der Waals surface area (Å²) >= 11 is 0. The normalized spacial score (nSPS) is 16.7. The van der Waals surface area contributed by atoms with Crippen molar-refractivity contribution in [3.63, 3.8) is 0 Å². The average molecular weight is 1050 g/mol. The van der Waals surface area contributed by atoms with Crippen LogP contribution in [0, 0.1) is 0 Å². The largest absolute Gasteiger partial charge is 0.457 e. The molecular formula is C74H76N4O. The van der Waals surface area contributed by atoms with Gasteiger partial charge in [0.05, 0.1) is 40.4 Å². The van der Waals surface area contributed by atoms with Crippen LogP contribution in [0.5, 0.6) is 11.5 Å². The third kappa shape index (κ3) is 9.39. The van der Waals surface area contributed by atoms with E-state index >= 15 is 0 Å². The first-order valence-electron chi connectivity index (χ1n) is 32.3. The number of rotatable bonds is 8. The number of hydrogen-bond donors (Lipinski definition) is 0. The number of para-hydroxylation sites is 3. The highest BCUT2D eigenvalue weighted by atomic mass is 16.5. The van der Waals surface area contributed by atoms with Gasteiger partial charge < -0.3 is 14.5 Å². The molecule has 0 saturated carbocycles. The molecule has 12 rings (SSSR count). The maximum Gasteiger partial charge on any atom is 0.137 e. The lowest BCUT2D eigenvalue weighted by molar-refractivity contribution is 0.332. The van der Waals surface area contributed by atoms with Crippen molar-refractivity contribution >= 4 is 44.6 Å². The highest BCUT2D eigenvalue weighted by molar-refractivity contribution is 6.09. The fourth-order valence-electron chi connectivity index (χ4n) is 12.0. The molecule has 0 N–H and O–H groups in total. The number of anilines is 4. The van der Waals surface area contributed by atoms with E-state index in [1.165, 1.54) is 39.6 Å². The van der Waals surface area contributed by atoms with Gasteiger partial charge in [0, 0.05) is 51.5 Å². The Morgan fingerprint density at radius 1 is 0.494 bits per heavy atom. The Morgan fingerprint density at radius 3 is 1.82 bits per heavy atom. The Morgan fingerprint density at radius 2 is 1.13 bits per heavy atom. The van der Waals surface area contributed by atoms with Crippen molar-refractivity contribution in [2.45, 2.75) is 130 Å². The molecule has 10 aromatic rings. The van der Waals surface area contributed by atoms with Crippen LogP contribution in [0.15, 0.2) is 188 Å². The zero-order chi connectivity index (χ0) is 63.2. The van der Waals surface area contributed by atoms with Gasteiger partial charge in [-0.05, 0) is 145 Å². The van der Waals surface area contributed by atoms with Crippen molar-refractivity contribution in [2.75, 3.05) is 16.5 Å². The van der Waals surface area contributed by atoms with Crippen molar-refractivity contribution in [3.8, 4) is 50.7 Å². The molecule has 5 heteroatoms. The van der Waals surface area contributed by atoms with Crippen LogP contribution in [0.25, 0.3) is 61.0 Å². The van der Waals surface area contributed by atoms with Gasteiger partial charge in [0.2, 0.25) is 0 Å². The number of aromatic nitrogens is 2. The minimum Gasteiger partial charge on any atom is -0.457 e. The summed E-state index contributed by atoms with van der Waals surface area (Å²) in [7, 11) is 0. The summed E-state index contributed by atoms with van der Waals surface area (Å²) in [6.45, 7) is 29.6. The second kappa shape index (κ2) is 18.9. The van der Waals surface area contributed by atoms with Gasteiger partial charge in [-0.1, -0.05) is 199 Å². The van der Waals surface area contributed by atoms with E-state index in [0.717, 1.165) is 46.7 Å². The van der Waals surface area contributed by atoms with E-state index in [0.29, 0.717) is 51.4 Å². The Balaban J connectivity index is 0.987.